The van der Waals surface area contributed by atoms with Gasteiger partial charge in [0.15, 0.2) is 0 Å². The van der Waals surface area contributed by atoms with Crippen molar-refractivity contribution in [3.05, 3.63) is 71.8 Å². The van der Waals surface area contributed by atoms with Crippen LogP contribution in [-0.4, -0.2) is 27.8 Å². The SMILES string of the molecule is CN(Cc1ccccc1)[C@H](NC(=O)c1ccccc1)C(Cl)(Cl)Cl. The zero-order chi connectivity index (χ0) is 16.9. The van der Waals surface area contributed by atoms with E-state index >= 15 is 0 Å². The number of benzene rings is 2. The topological polar surface area (TPSA) is 32.3 Å². The fourth-order valence-corrected chi connectivity index (χ4v) is 2.87. The molecule has 2 aromatic rings. The molecule has 0 bridgehead atoms. The van der Waals surface area contributed by atoms with Gasteiger partial charge in [-0.25, -0.2) is 0 Å². The molecule has 0 fully saturated rings. The summed E-state index contributed by atoms with van der Waals surface area (Å²) in [7, 11) is 1.80. The monoisotopic (exact) mass is 370 g/mol. The van der Waals surface area contributed by atoms with Gasteiger partial charge in [0.25, 0.3) is 5.91 Å². The standard InChI is InChI=1S/C17H17Cl3N2O/c1-22(12-13-8-4-2-5-9-13)16(17(18,19)20)21-15(23)14-10-6-3-7-11-14/h2-11,16H,12H2,1H3,(H,21,23)/t16-/m0/s1. The van der Waals surface area contributed by atoms with E-state index in [4.69, 9.17) is 34.8 Å². The van der Waals surface area contributed by atoms with E-state index in [9.17, 15) is 4.79 Å². The molecule has 0 aliphatic heterocycles. The Labute approximate surface area is 151 Å². The average molecular weight is 372 g/mol. The molecule has 0 unspecified atom stereocenters. The normalized spacial score (nSPS) is 12.9. The van der Waals surface area contributed by atoms with Crippen molar-refractivity contribution in [2.75, 3.05) is 7.05 Å². The van der Waals surface area contributed by atoms with Crippen LogP contribution in [0.25, 0.3) is 0 Å². The minimum atomic E-state index is -1.66. The fraction of sp³-hybridized carbons (Fsp3) is 0.235. The Morgan fingerprint density at radius 1 is 1.04 bits per heavy atom. The number of carbonyl (C=O) groups is 1. The number of nitrogens with zero attached hydrogens (tertiary/aromatic N) is 1. The zero-order valence-electron chi connectivity index (χ0n) is 12.5. The van der Waals surface area contributed by atoms with Crippen molar-refractivity contribution in [3.63, 3.8) is 0 Å². The Balaban J connectivity index is 2.12. The third kappa shape index (κ3) is 5.40. The van der Waals surface area contributed by atoms with Crippen molar-refractivity contribution in [2.24, 2.45) is 0 Å². The quantitative estimate of drug-likeness (QED) is 0.629. The summed E-state index contributed by atoms with van der Waals surface area (Å²) in [5.74, 6) is -0.290. The molecule has 0 aromatic heterocycles. The van der Waals surface area contributed by atoms with Gasteiger partial charge in [-0.1, -0.05) is 83.3 Å². The highest BCUT2D eigenvalue weighted by Crippen LogP contribution is 2.32. The first-order chi connectivity index (χ1) is 10.9. The molecular weight excluding hydrogens is 355 g/mol. The van der Waals surface area contributed by atoms with Crippen LogP contribution in [0.2, 0.25) is 0 Å². The molecule has 3 nitrogen and oxygen atoms in total. The summed E-state index contributed by atoms with van der Waals surface area (Å²) in [5.41, 5.74) is 1.57. The summed E-state index contributed by atoms with van der Waals surface area (Å²) in [5, 5.41) is 2.78. The minimum absolute atomic E-state index is 0.290. The molecule has 0 saturated carbocycles. The molecule has 0 aliphatic carbocycles. The number of rotatable bonds is 5. The summed E-state index contributed by atoms with van der Waals surface area (Å²) in [4.78, 5) is 14.1. The molecule has 0 spiro atoms. The number of alkyl halides is 3. The minimum Gasteiger partial charge on any atom is -0.332 e. The average Bonchev–Trinajstić information content (AvgIpc) is 2.53. The first-order valence-corrected chi connectivity index (χ1v) is 8.18. The van der Waals surface area contributed by atoms with Gasteiger partial charge in [-0.15, -0.1) is 0 Å². The maximum absolute atomic E-state index is 12.3. The molecule has 2 rings (SSSR count). The fourth-order valence-electron chi connectivity index (χ4n) is 2.20. The van der Waals surface area contributed by atoms with Gasteiger partial charge in [-0.3, -0.25) is 9.69 Å². The summed E-state index contributed by atoms with van der Waals surface area (Å²) in [6.45, 7) is 0.536. The molecule has 2 aromatic carbocycles. The summed E-state index contributed by atoms with van der Waals surface area (Å²) < 4.78 is -1.66. The molecule has 0 heterocycles. The lowest BCUT2D eigenvalue weighted by Crippen LogP contribution is -2.53. The van der Waals surface area contributed by atoms with Gasteiger partial charge in [-0.05, 0) is 24.7 Å². The Hall–Kier alpha value is -1.26. The van der Waals surface area contributed by atoms with Crippen LogP contribution in [-0.2, 0) is 6.54 Å². The Bertz CT molecular complexity index is 629. The van der Waals surface area contributed by atoms with Crippen LogP contribution in [0.5, 0.6) is 0 Å². The highest BCUT2D eigenvalue weighted by molar-refractivity contribution is 6.68. The molecule has 122 valence electrons. The van der Waals surface area contributed by atoms with Crippen LogP contribution in [0, 0.1) is 0 Å². The molecule has 1 N–H and O–H groups in total. The van der Waals surface area contributed by atoms with Crippen molar-refractivity contribution in [3.8, 4) is 0 Å². The smallest absolute Gasteiger partial charge is 0.252 e. The molecule has 0 aliphatic rings. The van der Waals surface area contributed by atoms with Crippen LogP contribution >= 0.6 is 34.8 Å². The predicted molar refractivity (Wildman–Crippen MR) is 95.9 cm³/mol. The van der Waals surface area contributed by atoms with Gasteiger partial charge in [0.05, 0.1) is 0 Å². The number of hydrogen-bond donors (Lipinski definition) is 1. The van der Waals surface area contributed by atoms with Crippen molar-refractivity contribution in [1.82, 2.24) is 10.2 Å². The lowest BCUT2D eigenvalue weighted by atomic mass is 10.2. The highest BCUT2D eigenvalue weighted by atomic mass is 35.6. The van der Waals surface area contributed by atoms with E-state index in [0.29, 0.717) is 12.1 Å². The largest absolute Gasteiger partial charge is 0.332 e. The second-order valence-corrected chi connectivity index (χ2v) is 7.55. The lowest BCUT2D eigenvalue weighted by Gasteiger charge is -2.33. The number of nitrogens with one attached hydrogen (secondary N) is 1. The van der Waals surface area contributed by atoms with Crippen molar-refractivity contribution >= 4 is 40.7 Å². The van der Waals surface area contributed by atoms with E-state index in [-0.39, 0.29) is 5.91 Å². The van der Waals surface area contributed by atoms with E-state index in [1.165, 1.54) is 0 Å². The van der Waals surface area contributed by atoms with Crippen molar-refractivity contribution in [1.29, 1.82) is 0 Å². The first kappa shape index (κ1) is 18.1. The van der Waals surface area contributed by atoms with Gasteiger partial charge in [-0.2, -0.15) is 0 Å². The van der Waals surface area contributed by atoms with Gasteiger partial charge >= 0.3 is 0 Å². The summed E-state index contributed by atoms with van der Waals surface area (Å²) in [6, 6.07) is 18.6. The van der Waals surface area contributed by atoms with Crippen LogP contribution in [0.1, 0.15) is 15.9 Å². The van der Waals surface area contributed by atoms with Gasteiger partial charge in [0, 0.05) is 12.1 Å². The molecule has 6 heteroatoms. The van der Waals surface area contributed by atoms with E-state index in [0.717, 1.165) is 5.56 Å². The van der Waals surface area contributed by atoms with Crippen LogP contribution in [0.3, 0.4) is 0 Å². The number of hydrogen-bond acceptors (Lipinski definition) is 2. The first-order valence-electron chi connectivity index (χ1n) is 7.04. The number of amides is 1. The molecule has 1 atom stereocenters. The van der Waals surface area contributed by atoms with Crippen molar-refractivity contribution < 1.29 is 4.79 Å². The van der Waals surface area contributed by atoms with Crippen LogP contribution in [0.4, 0.5) is 0 Å². The van der Waals surface area contributed by atoms with Gasteiger partial charge < -0.3 is 5.32 Å². The summed E-state index contributed by atoms with van der Waals surface area (Å²) in [6.07, 6.45) is -0.764. The molecule has 0 radical (unpaired) electrons. The maximum atomic E-state index is 12.3. The Morgan fingerprint density at radius 3 is 2.09 bits per heavy atom. The van der Waals surface area contributed by atoms with Crippen LogP contribution in [0.15, 0.2) is 60.7 Å². The Kier molecular flexibility index (Phi) is 6.31. The highest BCUT2D eigenvalue weighted by Gasteiger charge is 2.37. The van der Waals surface area contributed by atoms with E-state index in [2.05, 4.69) is 5.32 Å². The zero-order valence-corrected chi connectivity index (χ0v) is 14.8. The van der Waals surface area contributed by atoms with Gasteiger partial charge in [0.1, 0.15) is 6.17 Å². The molecule has 23 heavy (non-hydrogen) atoms. The molecule has 0 saturated heterocycles. The predicted octanol–water partition coefficient (Wildman–Crippen LogP) is 4.24. The lowest BCUT2D eigenvalue weighted by molar-refractivity contribution is 0.0869. The molecular formula is C17H17Cl3N2O. The molecule has 1 amide bonds. The van der Waals surface area contributed by atoms with Crippen LogP contribution < -0.4 is 5.32 Å². The maximum Gasteiger partial charge on any atom is 0.252 e. The Morgan fingerprint density at radius 2 is 1.57 bits per heavy atom. The van der Waals surface area contributed by atoms with Gasteiger partial charge in [0.2, 0.25) is 3.79 Å². The number of carbonyl (C=O) groups excluding carboxylic acids is 1. The summed E-state index contributed by atoms with van der Waals surface area (Å²) >= 11 is 18.2. The van der Waals surface area contributed by atoms with E-state index in [1.807, 2.05) is 36.4 Å². The second kappa shape index (κ2) is 8.02. The third-order valence-corrected chi connectivity index (χ3v) is 3.95. The van der Waals surface area contributed by atoms with Crippen molar-refractivity contribution in [2.45, 2.75) is 16.5 Å². The third-order valence-electron chi connectivity index (χ3n) is 3.33. The second-order valence-electron chi connectivity index (χ2n) is 5.18. The van der Waals surface area contributed by atoms with E-state index in [1.54, 1.807) is 36.2 Å². The van der Waals surface area contributed by atoms with E-state index < -0.39 is 9.96 Å². The number of halogens is 3.